The molecule has 5 rings (SSSR count). The first kappa shape index (κ1) is 63.2. The molecule has 0 N–H and O–H groups in total. The van der Waals surface area contributed by atoms with E-state index in [1.165, 1.54) is 339 Å². The molecule has 0 amide bonds. The second-order valence-electron chi connectivity index (χ2n) is 22.8. The van der Waals surface area contributed by atoms with E-state index in [1.54, 1.807) is 22.3 Å². The summed E-state index contributed by atoms with van der Waals surface area (Å²) in [6.45, 7) is 9.31. The van der Waals surface area contributed by atoms with E-state index in [1.807, 2.05) is 0 Å². The molecule has 0 nitrogen and oxygen atoms in total. The molecule has 3 aromatic carbocycles. The molecule has 2 aliphatic carbocycles. The van der Waals surface area contributed by atoms with Gasteiger partial charge in [-0.15, -0.1) is 0 Å². The lowest BCUT2D eigenvalue weighted by atomic mass is 9.94. The van der Waals surface area contributed by atoms with Crippen molar-refractivity contribution in [3.8, 4) is 0 Å². The van der Waals surface area contributed by atoms with E-state index in [2.05, 4.69) is 142 Å². The Kier molecular flexibility index (Phi) is 33.3. The van der Waals surface area contributed by atoms with Crippen molar-refractivity contribution in [3.63, 3.8) is 0 Å². The zero-order valence-corrected chi connectivity index (χ0v) is 55.6. The molecule has 0 fully saturated rings. The van der Waals surface area contributed by atoms with Gasteiger partial charge in [0.05, 0.1) is 0 Å². The van der Waals surface area contributed by atoms with E-state index in [-0.39, 0.29) is 0 Å². The average molecular weight is 1430 g/mol. The number of rotatable bonds is 44. The van der Waals surface area contributed by atoms with Crippen molar-refractivity contribution in [2.45, 2.75) is 310 Å². The van der Waals surface area contributed by atoms with Gasteiger partial charge in [-0.05, 0) is 197 Å². The first-order valence-corrected chi connectivity index (χ1v) is 35.6. The minimum atomic E-state index is 1.24. The summed E-state index contributed by atoms with van der Waals surface area (Å²) in [5.74, 6) is 0. The van der Waals surface area contributed by atoms with Crippen LogP contribution in [0.3, 0.4) is 0 Å². The molecule has 0 saturated heterocycles. The summed E-state index contributed by atoms with van der Waals surface area (Å²) < 4.78 is 5.96. The fraction of sp³-hybridized carbons (Fsp3) is 0.706. The maximum atomic E-state index is 2.80. The van der Waals surface area contributed by atoms with Crippen LogP contribution in [0.15, 0.2) is 24.3 Å². The Labute approximate surface area is 498 Å². The Morgan fingerprint density at radius 3 is 0.625 bits per heavy atom. The second-order valence-corrected chi connectivity index (χ2v) is 27.1. The summed E-state index contributed by atoms with van der Waals surface area (Å²) in [7, 11) is 0. The van der Waals surface area contributed by atoms with Crippen LogP contribution in [0.5, 0.6) is 0 Å². The highest BCUT2D eigenvalue weighted by atomic mass is 127. The standard InChI is InChI=1S/C68H104I4/c1-5-9-13-17-21-25-29-33-37-41-45-53-49-57-59(51-55(53)47-43-39-35-31-27-23-19-15-11-7-3)65(69)63-61(57)67(71)64-62(68(63)72)58-50-54(46-42-38-34-30-26-22-18-14-10-6-2)56(52-60(58)66(64)70)48-44-40-36-32-28-24-20-16-12-8-4/h49-52H,5-48H2,1-4H3. The summed E-state index contributed by atoms with van der Waals surface area (Å²) in [6.07, 6.45) is 61.1. The van der Waals surface area contributed by atoms with Crippen LogP contribution in [-0.4, -0.2) is 0 Å². The first-order chi connectivity index (χ1) is 35.4. The average Bonchev–Trinajstić information content (AvgIpc) is 3.84. The van der Waals surface area contributed by atoms with E-state index >= 15 is 0 Å². The monoisotopic (exact) mass is 1430 g/mol. The summed E-state index contributed by atoms with van der Waals surface area (Å²) in [6, 6.07) is 10.8. The second kappa shape index (κ2) is 38.0. The molecule has 0 aliphatic heterocycles. The summed E-state index contributed by atoms with van der Waals surface area (Å²) >= 11 is 11.1. The Hall–Kier alpha value is 0.320. The predicted octanol–water partition coefficient (Wildman–Crippen LogP) is 23.1. The van der Waals surface area contributed by atoms with Crippen molar-refractivity contribution in [1.29, 1.82) is 0 Å². The number of fused-ring (bicyclic) bond motifs is 4. The van der Waals surface area contributed by atoms with Gasteiger partial charge in [-0.3, -0.25) is 0 Å². The summed E-state index contributed by atoms with van der Waals surface area (Å²) in [5, 5.41) is 9.15. The molecule has 2 aliphatic rings. The smallest absolute Gasteiger partial charge is 0.0305 e. The predicted molar refractivity (Wildman–Crippen MR) is 355 cm³/mol. The maximum absolute atomic E-state index is 2.80. The molecule has 0 atom stereocenters. The molecule has 0 aromatic heterocycles. The third-order valence-corrected chi connectivity index (χ3v) is 21.1. The van der Waals surface area contributed by atoms with Crippen molar-refractivity contribution in [3.05, 3.63) is 96.1 Å². The zero-order valence-electron chi connectivity index (χ0n) is 46.9. The molecule has 404 valence electrons. The van der Waals surface area contributed by atoms with Crippen LogP contribution in [0, 0.1) is 28.0 Å². The minimum Gasteiger partial charge on any atom is -0.0654 e. The number of hydrogen-bond acceptors (Lipinski definition) is 0. The molecule has 72 heavy (non-hydrogen) atoms. The van der Waals surface area contributed by atoms with Crippen molar-refractivity contribution < 1.29 is 0 Å². The maximum Gasteiger partial charge on any atom is 0.0305 e. The lowest BCUT2D eigenvalue weighted by Crippen LogP contribution is -2.09. The van der Waals surface area contributed by atoms with E-state index in [0.717, 1.165) is 0 Å². The van der Waals surface area contributed by atoms with Crippen LogP contribution < -0.4 is 10.4 Å². The van der Waals surface area contributed by atoms with Gasteiger partial charge >= 0.3 is 0 Å². The molecule has 0 bridgehead atoms. The number of unbranched alkanes of at least 4 members (excludes halogenated alkanes) is 36. The van der Waals surface area contributed by atoms with Gasteiger partial charge in [0.2, 0.25) is 0 Å². The molecule has 3 aromatic rings. The summed E-state index contributed by atoms with van der Waals surface area (Å²) in [4.78, 5) is 0. The highest BCUT2D eigenvalue weighted by Crippen LogP contribution is 2.40. The van der Waals surface area contributed by atoms with Gasteiger partial charge in [0.25, 0.3) is 0 Å². The largest absolute Gasteiger partial charge is 0.0654 e. The van der Waals surface area contributed by atoms with Gasteiger partial charge in [0.1, 0.15) is 0 Å². The Morgan fingerprint density at radius 1 is 0.236 bits per heavy atom. The van der Waals surface area contributed by atoms with E-state index in [4.69, 9.17) is 0 Å². The van der Waals surface area contributed by atoms with Crippen molar-refractivity contribution in [2.24, 2.45) is 0 Å². The topological polar surface area (TPSA) is 0 Å². The van der Waals surface area contributed by atoms with Crippen LogP contribution >= 0.6 is 90.4 Å². The molecule has 0 saturated carbocycles. The van der Waals surface area contributed by atoms with E-state index < -0.39 is 0 Å². The molecule has 0 radical (unpaired) electrons. The SMILES string of the molecule is CCCCCCCCCCCCc1cc2c(cc1CCCCCCCCCCCC)=c1c(I)c3c(c(I)c1C=2I)=c1cc(CCCCCCCCCCCC)c(CCCCCCCCCCCC)cc1=C3I. The molecular formula is C68H104I4. The molecule has 0 unspecified atom stereocenters. The lowest BCUT2D eigenvalue weighted by Gasteiger charge is -2.11. The highest BCUT2D eigenvalue weighted by molar-refractivity contribution is 14.1. The van der Waals surface area contributed by atoms with Gasteiger partial charge in [-0.25, -0.2) is 0 Å². The third kappa shape index (κ3) is 20.5. The quantitative estimate of drug-likeness (QED) is 0.0391. The molecule has 0 spiro atoms. The van der Waals surface area contributed by atoms with Crippen LogP contribution in [0.2, 0.25) is 0 Å². The fourth-order valence-corrected chi connectivity index (χ4v) is 17.4. The summed E-state index contributed by atoms with van der Waals surface area (Å²) in [5.41, 5.74) is 9.67. The van der Waals surface area contributed by atoms with Crippen LogP contribution in [-0.2, 0) is 25.7 Å². The van der Waals surface area contributed by atoms with Gasteiger partial charge in [0.15, 0.2) is 0 Å². The molecular weight excluding hydrogens is 1320 g/mol. The minimum absolute atomic E-state index is 1.24. The van der Waals surface area contributed by atoms with Crippen molar-refractivity contribution in [2.75, 3.05) is 0 Å². The number of hydrogen-bond donors (Lipinski definition) is 0. The van der Waals surface area contributed by atoms with Gasteiger partial charge < -0.3 is 0 Å². The van der Waals surface area contributed by atoms with Gasteiger partial charge in [-0.2, -0.15) is 0 Å². The number of halogens is 4. The van der Waals surface area contributed by atoms with Crippen LogP contribution in [0.1, 0.15) is 318 Å². The van der Waals surface area contributed by atoms with E-state index in [9.17, 15) is 0 Å². The van der Waals surface area contributed by atoms with Crippen LogP contribution in [0.4, 0.5) is 0 Å². The Balaban J connectivity index is 1.41. The lowest BCUT2D eigenvalue weighted by molar-refractivity contribution is 0.553. The molecule has 0 heterocycles. The van der Waals surface area contributed by atoms with Crippen LogP contribution in [0.25, 0.3) is 7.16 Å². The normalized spacial score (nSPS) is 12.6. The first-order valence-electron chi connectivity index (χ1n) is 31.3. The fourth-order valence-electron chi connectivity index (χ4n) is 12.2. The number of benzene rings is 3. The van der Waals surface area contributed by atoms with E-state index in [0.29, 0.717) is 0 Å². The Morgan fingerprint density at radius 2 is 0.417 bits per heavy atom. The highest BCUT2D eigenvalue weighted by Gasteiger charge is 2.26. The van der Waals surface area contributed by atoms with Gasteiger partial charge in [-0.1, -0.05) is 271 Å². The Bertz CT molecular complexity index is 2180. The number of aryl methyl sites for hydroxylation is 4. The molecule has 4 heteroatoms. The van der Waals surface area contributed by atoms with Crippen molar-refractivity contribution >= 4 is 97.5 Å². The van der Waals surface area contributed by atoms with Crippen molar-refractivity contribution in [1.82, 2.24) is 0 Å². The third-order valence-electron chi connectivity index (χ3n) is 16.7. The van der Waals surface area contributed by atoms with Gasteiger partial charge in [0, 0.05) is 35.9 Å². The zero-order chi connectivity index (χ0) is 51.2.